The van der Waals surface area contributed by atoms with E-state index >= 15 is 0 Å². The number of hydrogen-bond acceptors (Lipinski definition) is 3. The maximum atomic E-state index is 12.4. The highest BCUT2D eigenvalue weighted by atomic mass is 32.2. The molecule has 0 saturated heterocycles. The Hall–Kier alpha value is -0.870. The Morgan fingerprint density at radius 3 is 2.28 bits per heavy atom. The van der Waals surface area contributed by atoms with Crippen LogP contribution in [0, 0.1) is 0 Å². The molecule has 0 aliphatic carbocycles. The molecule has 3 nitrogen and oxygen atoms in total. The van der Waals surface area contributed by atoms with Crippen molar-refractivity contribution < 1.29 is 13.5 Å². The van der Waals surface area contributed by atoms with E-state index in [0.717, 1.165) is 19.3 Å². The zero-order chi connectivity index (χ0) is 13.6. The summed E-state index contributed by atoms with van der Waals surface area (Å²) in [6, 6.07) is 8.37. The summed E-state index contributed by atoms with van der Waals surface area (Å²) in [6.07, 6.45) is 2.54. The van der Waals surface area contributed by atoms with Gasteiger partial charge in [-0.3, -0.25) is 0 Å². The summed E-state index contributed by atoms with van der Waals surface area (Å²) >= 11 is 0. The van der Waals surface area contributed by atoms with Gasteiger partial charge in [-0.2, -0.15) is 0 Å². The second-order valence-electron chi connectivity index (χ2n) is 4.63. The second-order valence-corrected chi connectivity index (χ2v) is 6.80. The van der Waals surface area contributed by atoms with Gasteiger partial charge in [0.2, 0.25) is 0 Å². The Morgan fingerprint density at radius 1 is 1.17 bits per heavy atom. The van der Waals surface area contributed by atoms with Crippen molar-refractivity contribution in [3.63, 3.8) is 0 Å². The second kappa shape index (κ2) is 6.90. The molecule has 0 bridgehead atoms. The monoisotopic (exact) mass is 270 g/mol. The predicted molar refractivity (Wildman–Crippen MR) is 73.2 cm³/mol. The standard InChI is InChI=1S/C14H22O3S/c1-3-4-6-11-14(12(2)15)18(16,17)13-9-7-5-8-10-13/h5,7-10,12,14-15H,3-4,6,11H2,1-2H3/t12-,14-/m1/s1. The molecule has 1 N–H and O–H groups in total. The van der Waals surface area contributed by atoms with Gasteiger partial charge >= 0.3 is 0 Å². The molecule has 0 fully saturated rings. The van der Waals surface area contributed by atoms with Crippen LogP contribution in [0.3, 0.4) is 0 Å². The molecular weight excluding hydrogens is 248 g/mol. The SMILES string of the molecule is CCCCC[C@H]([C@@H](C)O)S(=O)(=O)c1ccccc1. The van der Waals surface area contributed by atoms with E-state index in [9.17, 15) is 13.5 Å². The van der Waals surface area contributed by atoms with Gasteiger partial charge in [-0.25, -0.2) is 8.42 Å². The first-order valence-electron chi connectivity index (χ1n) is 6.47. The lowest BCUT2D eigenvalue weighted by Gasteiger charge is -2.20. The summed E-state index contributed by atoms with van der Waals surface area (Å²) < 4.78 is 24.8. The van der Waals surface area contributed by atoms with Crippen LogP contribution in [0.25, 0.3) is 0 Å². The van der Waals surface area contributed by atoms with Crippen LogP contribution in [-0.2, 0) is 9.84 Å². The molecule has 0 radical (unpaired) electrons. The maximum Gasteiger partial charge on any atom is 0.183 e. The average Bonchev–Trinajstić information content (AvgIpc) is 2.35. The lowest BCUT2D eigenvalue weighted by molar-refractivity contribution is 0.182. The molecule has 0 heterocycles. The normalized spacial score (nSPS) is 15.3. The molecule has 0 amide bonds. The van der Waals surface area contributed by atoms with E-state index in [4.69, 9.17) is 0 Å². The van der Waals surface area contributed by atoms with Crippen LogP contribution < -0.4 is 0 Å². The van der Waals surface area contributed by atoms with Crippen LogP contribution in [0.15, 0.2) is 35.2 Å². The number of aliphatic hydroxyl groups is 1. The fraction of sp³-hybridized carbons (Fsp3) is 0.571. The molecule has 2 atom stereocenters. The van der Waals surface area contributed by atoms with Crippen molar-refractivity contribution in [2.75, 3.05) is 0 Å². The molecule has 0 aliphatic heterocycles. The third kappa shape index (κ3) is 3.82. The Bertz CT molecular complexity index is 437. The molecule has 1 aromatic rings. The van der Waals surface area contributed by atoms with Crippen molar-refractivity contribution in [1.29, 1.82) is 0 Å². The summed E-state index contributed by atoms with van der Waals surface area (Å²) in [5.41, 5.74) is 0. The molecule has 0 unspecified atom stereocenters. The molecule has 0 spiro atoms. The lowest BCUT2D eigenvalue weighted by atomic mass is 10.1. The van der Waals surface area contributed by atoms with Crippen LogP contribution in [0.1, 0.15) is 39.5 Å². The summed E-state index contributed by atoms with van der Waals surface area (Å²) in [7, 11) is -3.43. The highest BCUT2D eigenvalue weighted by Crippen LogP contribution is 2.22. The fourth-order valence-electron chi connectivity index (χ4n) is 2.04. The minimum Gasteiger partial charge on any atom is -0.392 e. The van der Waals surface area contributed by atoms with Crippen molar-refractivity contribution >= 4 is 9.84 Å². The van der Waals surface area contributed by atoms with Gasteiger partial charge < -0.3 is 5.11 Å². The van der Waals surface area contributed by atoms with Gasteiger partial charge in [-0.15, -0.1) is 0 Å². The van der Waals surface area contributed by atoms with Gasteiger partial charge in [0.05, 0.1) is 16.2 Å². The van der Waals surface area contributed by atoms with Crippen molar-refractivity contribution in [1.82, 2.24) is 0 Å². The Labute approximate surface area is 110 Å². The van der Waals surface area contributed by atoms with Crippen LogP contribution in [-0.4, -0.2) is 24.9 Å². The van der Waals surface area contributed by atoms with Gasteiger partial charge in [0.25, 0.3) is 0 Å². The van der Waals surface area contributed by atoms with E-state index in [1.807, 2.05) is 0 Å². The Morgan fingerprint density at radius 2 is 1.78 bits per heavy atom. The van der Waals surface area contributed by atoms with E-state index in [1.165, 1.54) is 0 Å². The molecule has 102 valence electrons. The number of unbranched alkanes of at least 4 members (excludes halogenated alkanes) is 2. The molecule has 0 saturated carbocycles. The zero-order valence-electron chi connectivity index (χ0n) is 11.0. The maximum absolute atomic E-state index is 12.4. The highest BCUT2D eigenvalue weighted by Gasteiger charge is 2.30. The van der Waals surface area contributed by atoms with Crippen LogP contribution in [0.5, 0.6) is 0 Å². The smallest absolute Gasteiger partial charge is 0.183 e. The van der Waals surface area contributed by atoms with E-state index < -0.39 is 21.2 Å². The minimum atomic E-state index is -3.43. The Balaban J connectivity index is 2.91. The number of aliphatic hydroxyl groups excluding tert-OH is 1. The van der Waals surface area contributed by atoms with Crippen molar-refractivity contribution in [3.8, 4) is 0 Å². The summed E-state index contributed by atoms with van der Waals surface area (Å²) in [4.78, 5) is 0.299. The van der Waals surface area contributed by atoms with Crippen molar-refractivity contribution in [3.05, 3.63) is 30.3 Å². The van der Waals surface area contributed by atoms with Gasteiger partial charge in [0.15, 0.2) is 9.84 Å². The summed E-state index contributed by atoms with van der Waals surface area (Å²) in [5.74, 6) is 0. The van der Waals surface area contributed by atoms with E-state index in [0.29, 0.717) is 11.3 Å². The van der Waals surface area contributed by atoms with Gasteiger partial charge in [-0.05, 0) is 25.5 Å². The summed E-state index contributed by atoms with van der Waals surface area (Å²) in [6.45, 7) is 3.63. The first-order chi connectivity index (χ1) is 8.50. The third-order valence-electron chi connectivity index (χ3n) is 3.10. The minimum absolute atomic E-state index is 0.299. The van der Waals surface area contributed by atoms with Crippen LogP contribution in [0.4, 0.5) is 0 Å². The number of sulfone groups is 1. The molecule has 1 aromatic carbocycles. The fourth-order valence-corrected chi connectivity index (χ4v) is 3.92. The van der Waals surface area contributed by atoms with Crippen LogP contribution in [0.2, 0.25) is 0 Å². The number of hydrogen-bond donors (Lipinski definition) is 1. The van der Waals surface area contributed by atoms with Gasteiger partial charge in [0, 0.05) is 0 Å². The summed E-state index contributed by atoms with van der Waals surface area (Å²) in [5, 5.41) is 9.03. The van der Waals surface area contributed by atoms with Crippen molar-refractivity contribution in [2.45, 2.75) is 55.8 Å². The van der Waals surface area contributed by atoms with Gasteiger partial charge in [0.1, 0.15) is 0 Å². The molecular formula is C14H22O3S. The van der Waals surface area contributed by atoms with Crippen molar-refractivity contribution in [2.24, 2.45) is 0 Å². The zero-order valence-corrected chi connectivity index (χ0v) is 11.9. The number of rotatable bonds is 7. The highest BCUT2D eigenvalue weighted by molar-refractivity contribution is 7.92. The average molecular weight is 270 g/mol. The van der Waals surface area contributed by atoms with Gasteiger partial charge in [-0.1, -0.05) is 44.4 Å². The van der Waals surface area contributed by atoms with E-state index in [1.54, 1.807) is 37.3 Å². The largest absolute Gasteiger partial charge is 0.392 e. The lowest BCUT2D eigenvalue weighted by Crippen LogP contribution is -2.32. The number of benzene rings is 1. The molecule has 0 aliphatic rings. The van der Waals surface area contributed by atoms with E-state index in [2.05, 4.69) is 6.92 Å². The molecule has 0 aromatic heterocycles. The third-order valence-corrected chi connectivity index (χ3v) is 5.46. The molecule has 1 rings (SSSR count). The topological polar surface area (TPSA) is 54.4 Å². The molecule has 18 heavy (non-hydrogen) atoms. The quantitative estimate of drug-likeness (QED) is 0.775. The predicted octanol–water partition coefficient (Wildman–Crippen LogP) is 2.79. The first kappa shape index (κ1) is 15.2. The van der Waals surface area contributed by atoms with Crippen LogP contribution >= 0.6 is 0 Å². The Kier molecular flexibility index (Phi) is 5.82. The molecule has 4 heteroatoms. The van der Waals surface area contributed by atoms with E-state index in [-0.39, 0.29) is 0 Å². The first-order valence-corrected chi connectivity index (χ1v) is 8.01.